The minimum atomic E-state index is -5.77. The van der Waals surface area contributed by atoms with E-state index in [-0.39, 0.29) is 23.4 Å². The summed E-state index contributed by atoms with van der Waals surface area (Å²) in [5.74, 6) is -6.00. The lowest BCUT2D eigenvalue weighted by Gasteiger charge is -2.49. The van der Waals surface area contributed by atoms with Crippen LogP contribution in [0.1, 0.15) is 78.0 Å². The van der Waals surface area contributed by atoms with E-state index in [1.165, 1.54) is 11.1 Å². The van der Waals surface area contributed by atoms with Crippen LogP contribution in [0.3, 0.4) is 0 Å². The molecule has 8 nitrogen and oxygen atoms in total. The normalized spacial score (nSPS) is 18.7. The highest BCUT2D eigenvalue weighted by atomic mass is 19.4. The highest BCUT2D eigenvalue weighted by Crippen LogP contribution is 2.36. The van der Waals surface area contributed by atoms with E-state index in [1.807, 2.05) is 32.9 Å². The number of benzene rings is 2. The number of alkyl halides is 6. The summed E-state index contributed by atoms with van der Waals surface area (Å²) >= 11 is 0. The minimum Gasteiger partial charge on any atom is -0.337 e. The van der Waals surface area contributed by atoms with Gasteiger partial charge in [0.25, 0.3) is 0 Å². The Morgan fingerprint density at radius 3 is 1.75 bits per heavy atom. The Balaban J connectivity index is 0.000000501. The number of piperidine rings is 1. The highest BCUT2D eigenvalue weighted by molar-refractivity contribution is 6.41. The summed E-state index contributed by atoms with van der Waals surface area (Å²) in [6.45, 7) is 17.0. The summed E-state index contributed by atoms with van der Waals surface area (Å²) in [6.07, 6.45) is -8.69. The van der Waals surface area contributed by atoms with Crippen LogP contribution in [0.25, 0.3) is 0 Å². The number of hydrogen-bond donors (Lipinski definition) is 2. The molecule has 0 aliphatic carbocycles. The molecule has 0 bridgehead atoms. The first-order chi connectivity index (χ1) is 23.5. The zero-order valence-electron chi connectivity index (χ0n) is 29.9. The fourth-order valence-electron chi connectivity index (χ4n) is 6.10. The number of halogens is 6. The number of carbonyl (C=O) groups excluding carboxylic acids is 4. The first kappa shape index (κ1) is 41.6. The molecule has 1 unspecified atom stereocenters. The van der Waals surface area contributed by atoms with Gasteiger partial charge in [0.15, 0.2) is 0 Å². The van der Waals surface area contributed by atoms with Crippen LogP contribution in [0.4, 0.5) is 32.0 Å². The largest absolute Gasteiger partial charge is 0.458 e. The van der Waals surface area contributed by atoms with Crippen LogP contribution in [0.5, 0.6) is 0 Å². The smallest absolute Gasteiger partial charge is 0.337 e. The van der Waals surface area contributed by atoms with Gasteiger partial charge >= 0.3 is 23.9 Å². The molecule has 2 N–H and O–H groups in total. The van der Waals surface area contributed by atoms with Crippen molar-refractivity contribution in [1.82, 2.24) is 15.1 Å². The number of Topliss-reactive ketones (excluding diaryl/α,β-unsaturated/α-hetero) is 2. The lowest BCUT2D eigenvalue weighted by atomic mass is 9.82. The third-order valence-electron chi connectivity index (χ3n) is 9.02. The molecule has 282 valence electrons. The molecule has 2 aromatic carbocycles. The van der Waals surface area contributed by atoms with Crippen LogP contribution in [-0.4, -0.2) is 84.3 Å². The molecule has 14 heteroatoms. The van der Waals surface area contributed by atoms with Gasteiger partial charge < -0.3 is 15.5 Å². The monoisotopic (exact) mass is 726 g/mol. The van der Waals surface area contributed by atoms with Crippen LogP contribution >= 0.6 is 0 Å². The summed E-state index contributed by atoms with van der Waals surface area (Å²) in [6, 6.07) is 19.1. The first-order valence-electron chi connectivity index (χ1n) is 16.9. The molecule has 2 heterocycles. The van der Waals surface area contributed by atoms with E-state index in [0.29, 0.717) is 18.2 Å². The number of hydrogen-bond acceptors (Lipinski definition) is 6. The summed E-state index contributed by atoms with van der Waals surface area (Å²) in [7, 11) is 0. The maximum atomic E-state index is 13.6. The number of anilines is 1. The van der Waals surface area contributed by atoms with Crippen molar-refractivity contribution < 1.29 is 45.5 Å². The van der Waals surface area contributed by atoms with E-state index in [0.717, 1.165) is 51.3 Å². The average molecular weight is 727 g/mol. The van der Waals surface area contributed by atoms with Crippen LogP contribution in [-0.2, 0) is 19.2 Å². The Morgan fingerprint density at radius 2 is 1.27 bits per heavy atom. The third kappa shape index (κ3) is 11.9. The molecule has 51 heavy (non-hydrogen) atoms. The van der Waals surface area contributed by atoms with Gasteiger partial charge in [0.05, 0.1) is 6.04 Å². The van der Waals surface area contributed by atoms with Gasteiger partial charge in [-0.15, -0.1) is 0 Å². The Labute approximate surface area is 295 Å². The predicted molar refractivity (Wildman–Crippen MR) is 182 cm³/mol. The molecular formula is C37H48F6N4O4. The Kier molecular flexibility index (Phi) is 13.6. The summed E-state index contributed by atoms with van der Waals surface area (Å²) in [5.41, 5.74) is 2.76. The number of carbonyl (C=O) groups is 4. The number of ketones is 2. The maximum Gasteiger partial charge on any atom is 0.458 e. The van der Waals surface area contributed by atoms with E-state index < -0.39 is 29.3 Å². The van der Waals surface area contributed by atoms with Crippen LogP contribution in [0.15, 0.2) is 54.6 Å². The topological polar surface area (TPSA) is 98.8 Å². The molecule has 0 aromatic heterocycles. The van der Waals surface area contributed by atoms with Crippen LogP contribution in [0, 0.1) is 16.7 Å². The fraction of sp³-hybridized carbons (Fsp3) is 0.568. The fourth-order valence-corrected chi connectivity index (χ4v) is 6.10. The van der Waals surface area contributed by atoms with Gasteiger partial charge in [-0.25, -0.2) is 0 Å². The van der Waals surface area contributed by atoms with Crippen molar-refractivity contribution in [2.45, 2.75) is 85.2 Å². The van der Waals surface area contributed by atoms with Gasteiger partial charge in [-0.1, -0.05) is 84.0 Å². The standard InChI is InChI=1S/C33H48N4O2.C4F6O2/c1-32(2,3)28-23-36(20-21-37(28)29(38)22-24-16-18-34-19-17-24)30(25-10-8-7-9-11-25)26-12-14-27(15-13-26)35-31(39)33(4,5)6;5-3(6,7)1(11)2(12)4(8,9)10/h7-15,24,28,30,34H,16-23H2,1-6H3,(H,35,39);/t28-,30?;/m1./s1. The second-order valence-corrected chi connectivity index (χ2v) is 15.2. The zero-order valence-corrected chi connectivity index (χ0v) is 29.9. The lowest BCUT2D eigenvalue weighted by Crippen LogP contribution is -2.60. The Morgan fingerprint density at radius 1 is 0.765 bits per heavy atom. The molecule has 2 atom stereocenters. The summed E-state index contributed by atoms with van der Waals surface area (Å²) in [4.78, 5) is 50.1. The van der Waals surface area contributed by atoms with Crippen molar-refractivity contribution in [3.05, 3.63) is 65.7 Å². The van der Waals surface area contributed by atoms with Crippen molar-refractivity contribution in [2.24, 2.45) is 16.7 Å². The molecule has 0 saturated carbocycles. The van der Waals surface area contributed by atoms with Gasteiger partial charge in [0, 0.05) is 43.2 Å². The van der Waals surface area contributed by atoms with Crippen molar-refractivity contribution in [2.75, 3.05) is 38.0 Å². The number of nitrogens with one attached hydrogen (secondary N) is 2. The lowest BCUT2D eigenvalue weighted by molar-refractivity contribution is -0.193. The van der Waals surface area contributed by atoms with Crippen molar-refractivity contribution >= 4 is 29.1 Å². The average Bonchev–Trinajstić information content (AvgIpc) is 3.04. The Hall–Kier alpha value is -3.78. The number of piperazine rings is 1. The van der Waals surface area contributed by atoms with Crippen molar-refractivity contribution in [3.8, 4) is 0 Å². The van der Waals surface area contributed by atoms with E-state index in [4.69, 9.17) is 0 Å². The SMILES string of the molecule is CC(C)(C)C(=O)Nc1ccc(C(c2ccccc2)N2CCN(C(=O)CC3CCNCC3)[C@@H](C(C)(C)C)C2)cc1.O=C(C(=O)C(F)(F)F)C(F)(F)F. The van der Waals surface area contributed by atoms with Gasteiger partial charge in [-0.05, 0) is 60.5 Å². The predicted octanol–water partition coefficient (Wildman–Crippen LogP) is 6.96. The number of nitrogens with zero attached hydrogens (tertiary/aromatic N) is 2. The molecule has 2 aliphatic rings. The Bertz CT molecular complexity index is 1470. The third-order valence-corrected chi connectivity index (χ3v) is 9.02. The van der Waals surface area contributed by atoms with Gasteiger partial charge in [-0.3, -0.25) is 24.1 Å². The highest BCUT2D eigenvalue weighted by Gasteiger charge is 2.54. The molecule has 2 fully saturated rings. The van der Waals surface area contributed by atoms with Gasteiger partial charge in [0.1, 0.15) is 0 Å². The zero-order chi connectivity index (χ0) is 38.4. The molecule has 0 spiro atoms. The molecule has 2 saturated heterocycles. The molecular weight excluding hydrogens is 678 g/mol. The quantitative estimate of drug-likeness (QED) is 0.237. The van der Waals surface area contributed by atoms with E-state index >= 15 is 0 Å². The first-order valence-corrected chi connectivity index (χ1v) is 16.9. The van der Waals surface area contributed by atoms with Crippen molar-refractivity contribution in [3.63, 3.8) is 0 Å². The number of amides is 2. The van der Waals surface area contributed by atoms with Crippen LogP contribution < -0.4 is 10.6 Å². The van der Waals surface area contributed by atoms with Gasteiger partial charge in [-0.2, -0.15) is 26.3 Å². The molecule has 2 amide bonds. The summed E-state index contributed by atoms with van der Waals surface area (Å²) in [5, 5.41) is 6.46. The second kappa shape index (κ2) is 16.7. The molecule has 2 aromatic rings. The molecule has 2 aliphatic heterocycles. The number of rotatable bonds is 7. The van der Waals surface area contributed by atoms with E-state index in [1.54, 1.807) is 0 Å². The second-order valence-electron chi connectivity index (χ2n) is 15.2. The summed E-state index contributed by atoms with van der Waals surface area (Å²) < 4.78 is 67.0. The maximum absolute atomic E-state index is 13.6. The van der Waals surface area contributed by atoms with Crippen LogP contribution in [0.2, 0.25) is 0 Å². The molecule has 0 radical (unpaired) electrons. The van der Waals surface area contributed by atoms with Crippen molar-refractivity contribution in [1.29, 1.82) is 0 Å². The van der Waals surface area contributed by atoms with Gasteiger partial charge in [0.2, 0.25) is 11.8 Å². The van der Waals surface area contributed by atoms with E-state index in [9.17, 15) is 45.5 Å². The molecule has 4 rings (SSSR count). The van der Waals surface area contributed by atoms with E-state index in [2.05, 4.69) is 83.7 Å². The minimum absolute atomic E-state index is 0.00755.